The van der Waals surface area contributed by atoms with E-state index < -0.39 is 35.8 Å². The zero-order valence-electron chi connectivity index (χ0n) is 86.9. The minimum absolute atomic E-state index is 0.0259. The first kappa shape index (κ1) is 121. The number of carbonyl (C=O) groups excluding carboxylic acids is 1. The lowest BCUT2D eigenvalue weighted by molar-refractivity contribution is -0.180. The molecule has 6 aromatic rings. The molecule has 7 aliphatic rings. The van der Waals surface area contributed by atoms with Gasteiger partial charge in [-0.1, -0.05) is 201 Å². The summed E-state index contributed by atoms with van der Waals surface area (Å²) in [5.74, 6) is 7.43. The molecule has 15 nitrogen and oxygen atoms in total. The molecular formula is C114H178F6O15. The summed E-state index contributed by atoms with van der Waals surface area (Å²) in [5.41, 5.74) is 4.04. The van der Waals surface area contributed by atoms with Crippen molar-refractivity contribution in [1.82, 2.24) is 0 Å². The van der Waals surface area contributed by atoms with Crippen molar-refractivity contribution in [2.75, 3.05) is 79.3 Å². The van der Waals surface area contributed by atoms with Crippen LogP contribution in [0.1, 0.15) is 344 Å². The molecule has 4 bridgehead atoms. The van der Waals surface area contributed by atoms with Gasteiger partial charge in [0, 0.05) is 6.61 Å². The van der Waals surface area contributed by atoms with Crippen molar-refractivity contribution in [2.45, 2.75) is 391 Å². The summed E-state index contributed by atoms with van der Waals surface area (Å²) in [6.07, 6.45) is 21.7. The highest BCUT2D eigenvalue weighted by Crippen LogP contribution is 2.57. The SMILES string of the molecule is CC(C)OC12CC3CC(CC(C3)C1)C2.CC(C)OCC1CCCCC1.CC(C)OCCOC(=O)C1CCCCC1.CC(C)OCCOc1c(C(C)C)cccc1C(C)C.CC(C)OCCOc1c(C(F)(F)F)cccc1C(F)(F)F.CC(C)OCCOc1ccc(C2CCCCC2)cc1.CC(C)OCCOc1ccccc1.CC(C)OCCc1ccccc1.CC(C)OCc1ccccc1. The second-order valence-corrected chi connectivity index (χ2v) is 39.6. The zero-order chi connectivity index (χ0) is 99.6. The van der Waals surface area contributed by atoms with E-state index in [1.54, 1.807) is 13.8 Å². The van der Waals surface area contributed by atoms with Gasteiger partial charge in [0.1, 0.15) is 56.0 Å². The smallest absolute Gasteiger partial charge is 0.419 e. The van der Waals surface area contributed by atoms with E-state index in [-0.39, 0.29) is 49.0 Å². The van der Waals surface area contributed by atoms with Gasteiger partial charge in [0.15, 0.2) is 0 Å². The van der Waals surface area contributed by atoms with Gasteiger partial charge in [-0.3, -0.25) is 4.79 Å². The highest BCUT2D eigenvalue weighted by Gasteiger charge is 2.52. The van der Waals surface area contributed by atoms with E-state index in [2.05, 4.69) is 148 Å². The van der Waals surface area contributed by atoms with Gasteiger partial charge in [-0.05, 0) is 314 Å². The van der Waals surface area contributed by atoms with Crippen molar-refractivity contribution < 1.29 is 97.5 Å². The molecule has 0 radical (unpaired) electrons. The lowest BCUT2D eigenvalue weighted by Gasteiger charge is -2.56. The fraction of sp³-hybridized carbons (Fsp3) is 0.675. The number of carbonyl (C=O) groups is 1. The Balaban J connectivity index is 0.000000320. The van der Waals surface area contributed by atoms with Crippen LogP contribution < -0.4 is 18.9 Å². The first-order valence-electron chi connectivity index (χ1n) is 51.1. The third-order valence-corrected chi connectivity index (χ3v) is 23.5. The molecule has 0 N–H and O–H groups in total. The number of hydrogen-bond acceptors (Lipinski definition) is 15. The Kier molecular flexibility index (Phi) is 61.0. The van der Waals surface area contributed by atoms with Gasteiger partial charge in [0.25, 0.3) is 0 Å². The number of ether oxygens (including phenoxy) is 14. The van der Waals surface area contributed by atoms with Crippen LogP contribution in [0, 0.1) is 29.6 Å². The molecule has 7 saturated carbocycles. The summed E-state index contributed by atoms with van der Waals surface area (Å²) >= 11 is 0. The predicted molar refractivity (Wildman–Crippen MR) is 537 cm³/mol. The number of benzene rings is 6. The first-order chi connectivity index (χ1) is 64.2. The molecule has 7 fully saturated rings. The van der Waals surface area contributed by atoms with Crippen LogP contribution in [-0.4, -0.2) is 146 Å². The van der Waals surface area contributed by atoms with Crippen LogP contribution in [0.3, 0.4) is 0 Å². The van der Waals surface area contributed by atoms with Crippen LogP contribution in [0.2, 0.25) is 0 Å². The molecule has 6 aromatic carbocycles. The summed E-state index contributed by atoms with van der Waals surface area (Å²) in [6, 6.07) is 47.3. The Bertz CT molecular complexity index is 3790. The van der Waals surface area contributed by atoms with Crippen LogP contribution in [0.4, 0.5) is 26.3 Å². The summed E-state index contributed by atoms with van der Waals surface area (Å²) in [7, 11) is 0. The van der Waals surface area contributed by atoms with Crippen molar-refractivity contribution in [2.24, 2.45) is 29.6 Å². The zero-order valence-corrected chi connectivity index (χ0v) is 86.9. The fourth-order valence-electron chi connectivity index (χ4n) is 17.5. The van der Waals surface area contributed by atoms with Gasteiger partial charge in [-0.2, -0.15) is 26.3 Å². The molecule has 0 saturated heterocycles. The Morgan fingerprint density at radius 2 is 0.689 bits per heavy atom. The summed E-state index contributed by atoms with van der Waals surface area (Å²) in [5, 5.41) is 0. The lowest BCUT2D eigenvalue weighted by atomic mass is 9.54. The Labute approximate surface area is 812 Å². The Morgan fingerprint density at radius 3 is 1.09 bits per heavy atom. The van der Waals surface area contributed by atoms with Crippen molar-refractivity contribution in [3.63, 3.8) is 0 Å². The van der Waals surface area contributed by atoms with Gasteiger partial charge in [0.05, 0.1) is 124 Å². The molecule has 0 amide bonds. The second kappa shape index (κ2) is 68.3. The summed E-state index contributed by atoms with van der Waals surface area (Å²) in [4.78, 5) is 11.6. The molecule has 21 heteroatoms. The number of rotatable bonds is 40. The maximum Gasteiger partial charge on any atom is 0.419 e. The van der Waals surface area contributed by atoms with E-state index in [0.717, 1.165) is 85.9 Å². The molecule has 0 spiro atoms. The predicted octanol–water partition coefficient (Wildman–Crippen LogP) is 30.5. The second-order valence-electron chi connectivity index (χ2n) is 39.6. The van der Waals surface area contributed by atoms with Crippen LogP contribution in [-0.2, 0) is 77.5 Å². The third-order valence-electron chi connectivity index (χ3n) is 23.5. The molecule has 0 unspecified atom stereocenters. The van der Waals surface area contributed by atoms with Gasteiger partial charge in [-0.15, -0.1) is 0 Å². The van der Waals surface area contributed by atoms with Gasteiger partial charge in [0.2, 0.25) is 0 Å². The van der Waals surface area contributed by atoms with E-state index in [1.165, 1.54) is 150 Å². The van der Waals surface area contributed by atoms with Crippen molar-refractivity contribution in [3.05, 3.63) is 191 Å². The maximum absolute atomic E-state index is 12.8. The number of alkyl halides is 6. The van der Waals surface area contributed by atoms with Gasteiger partial charge < -0.3 is 66.3 Å². The van der Waals surface area contributed by atoms with Crippen molar-refractivity contribution in [3.8, 4) is 23.0 Å². The topological polar surface area (TPSA) is 146 Å². The lowest BCUT2D eigenvalue weighted by Crippen LogP contribution is -2.52. The van der Waals surface area contributed by atoms with Crippen LogP contribution >= 0.6 is 0 Å². The molecule has 0 heterocycles. The third kappa shape index (κ3) is 55.1. The highest BCUT2D eigenvalue weighted by molar-refractivity contribution is 5.72. The summed E-state index contributed by atoms with van der Waals surface area (Å²) in [6.45, 7) is 51.9. The Morgan fingerprint density at radius 1 is 0.333 bits per heavy atom. The number of halogens is 6. The molecule has 0 aliphatic heterocycles. The van der Waals surface area contributed by atoms with Crippen LogP contribution in [0.15, 0.2) is 152 Å². The monoisotopic (exact) mass is 1900 g/mol. The number of para-hydroxylation sites is 3. The molecule has 7 aliphatic carbocycles. The average molecular weight is 1900 g/mol. The van der Waals surface area contributed by atoms with Crippen molar-refractivity contribution in [1.29, 1.82) is 0 Å². The normalized spacial score (nSPS) is 17.7. The van der Waals surface area contributed by atoms with E-state index in [4.69, 9.17) is 66.3 Å². The van der Waals surface area contributed by atoms with Crippen LogP contribution in [0.25, 0.3) is 0 Å². The molecule has 0 aromatic heterocycles. The molecule has 135 heavy (non-hydrogen) atoms. The minimum Gasteiger partial charge on any atom is -0.491 e. The molecular weight excluding hydrogens is 1720 g/mol. The van der Waals surface area contributed by atoms with Crippen LogP contribution in [0.5, 0.6) is 23.0 Å². The first-order valence-corrected chi connectivity index (χ1v) is 51.1. The standard InChI is InChI=1S/C17H26O2.C17H28O2.C13H14F6O2.C13H22O.C12H22O3.C11H16O2.C11H16O.C10H20O.C10H14O/c1-14(2)18-12-13-19-17-10-8-16(9-11-17)15-6-4-3-5-7-15;1-12(2)15-8-7-9-16(13(3)4)17(15)19-11-10-18-14(5)6;1-8(2)20-6-7-21-11-9(12(14,15)16)4-3-5-10(11)13(17,18)19;1-9(2)14-13-6-10-3-11(7-13)5-12(4-10)8-13;1-10(2)14-8-9-15-12(13)11-6-4-3-5-7-11;1-10(2)12-8-9-13-11-6-4-3-5-7-11;1-10(2)12-9-8-11-6-4-3-5-7-11;2*1-9(2)11-8-10-6-4-3-5-7-10/h8-11,14-15H,3-7,12-13H2,1-2H3;7-9,12-14H,10-11H2,1-6H3;3-5,8H,6-7H2,1-2H3;9-12H,3-8H2,1-2H3;10-11H,3-9H2,1-2H3;3-7,10H,8-9H2,1-2H3;3-7,10H,8-9H2,1-2H3;9-10H,3-8H2,1-2H3;3-7,9H,8H2,1-2H3. The maximum atomic E-state index is 12.8. The highest BCUT2D eigenvalue weighted by atomic mass is 19.4. The van der Waals surface area contributed by atoms with Gasteiger partial charge >= 0.3 is 18.3 Å². The summed E-state index contributed by atoms with van der Waals surface area (Å²) < 4.78 is 153. The van der Waals surface area contributed by atoms with E-state index in [0.29, 0.717) is 113 Å². The largest absolute Gasteiger partial charge is 0.491 e. The number of hydrogen-bond donors (Lipinski definition) is 0. The Hall–Kier alpha value is -6.79. The van der Waals surface area contributed by atoms with E-state index in [9.17, 15) is 31.1 Å². The average Bonchev–Trinajstić information content (AvgIpc) is 0.748. The van der Waals surface area contributed by atoms with E-state index >= 15 is 0 Å². The quantitative estimate of drug-likeness (QED) is 0.0204. The molecule has 13 rings (SSSR count). The fourth-order valence-corrected chi connectivity index (χ4v) is 17.5. The van der Waals surface area contributed by atoms with Crippen molar-refractivity contribution >= 4 is 5.97 Å². The minimum atomic E-state index is -4.94. The molecule has 766 valence electrons. The van der Waals surface area contributed by atoms with Gasteiger partial charge in [-0.25, -0.2) is 0 Å². The number of esters is 1. The van der Waals surface area contributed by atoms with E-state index in [1.807, 2.05) is 124 Å². The molecule has 0 atom stereocenters.